The van der Waals surface area contributed by atoms with Crippen LogP contribution in [0.5, 0.6) is 0 Å². The van der Waals surface area contributed by atoms with E-state index < -0.39 is 40.6 Å². The molecular weight excluding hydrogens is 494 g/mol. The average Bonchev–Trinajstić information content (AvgIpc) is 2.83. The number of likely N-dealkylation sites (N-methyl/N-ethyl adjacent to an activating group) is 1. The number of hydrazine groups is 1. The highest BCUT2D eigenvalue weighted by Crippen LogP contribution is 2.17. The van der Waals surface area contributed by atoms with Crippen LogP contribution in [0.4, 0.5) is 4.79 Å². The van der Waals surface area contributed by atoms with E-state index >= 15 is 0 Å². The molecule has 0 aliphatic heterocycles. The van der Waals surface area contributed by atoms with Crippen LogP contribution in [0.2, 0.25) is 0 Å². The van der Waals surface area contributed by atoms with Crippen molar-refractivity contribution in [1.82, 2.24) is 21.4 Å². The molecule has 2 rings (SSSR count). The molecule has 0 aliphatic carbocycles. The number of alkyl carbamates (subject to hydrolysis) is 1. The summed E-state index contributed by atoms with van der Waals surface area (Å²) in [6, 6.07) is 11.6. The molecule has 0 heterocycles. The van der Waals surface area contributed by atoms with Gasteiger partial charge in [0.25, 0.3) is 5.96 Å². The van der Waals surface area contributed by atoms with E-state index in [0.29, 0.717) is 0 Å². The molecule has 0 bridgehead atoms. The fourth-order valence-electron chi connectivity index (χ4n) is 3.60. The quantitative estimate of drug-likeness (QED) is 0.0948. The molecule has 0 saturated carbocycles. The largest absolute Gasteiger partial charge is 0.444 e. The maximum atomic E-state index is 13.2. The highest BCUT2D eigenvalue weighted by molar-refractivity contribution is 5.91. The highest BCUT2D eigenvalue weighted by Gasteiger charge is 2.28. The molecule has 0 radical (unpaired) electrons. The van der Waals surface area contributed by atoms with Gasteiger partial charge in [-0.1, -0.05) is 47.9 Å². The third-order valence-corrected chi connectivity index (χ3v) is 5.28. The second-order valence-electron chi connectivity index (χ2n) is 9.54. The first-order valence-corrected chi connectivity index (χ1v) is 12.1. The van der Waals surface area contributed by atoms with Crippen LogP contribution in [-0.2, 0) is 20.7 Å². The Balaban J connectivity index is 2.15. The van der Waals surface area contributed by atoms with Crippen LogP contribution in [0.3, 0.4) is 0 Å². The van der Waals surface area contributed by atoms with Crippen molar-refractivity contribution in [2.24, 2.45) is 10.7 Å². The Morgan fingerprint density at radius 1 is 1.05 bits per heavy atom. The minimum Gasteiger partial charge on any atom is -0.444 e. The molecule has 13 nitrogen and oxygen atoms in total. The molecule has 6 N–H and O–H groups in total. The van der Waals surface area contributed by atoms with Crippen molar-refractivity contribution in [2.45, 2.75) is 57.7 Å². The number of nitrogens with zero attached hydrogens (tertiary/aromatic N) is 2. The normalized spacial score (nSPS) is 13.2. The number of carbonyl (C=O) groups excluding carboxylic acids is 3. The van der Waals surface area contributed by atoms with E-state index in [-0.39, 0.29) is 31.8 Å². The first-order chi connectivity index (χ1) is 17.9. The molecular formula is C25H35N7O6. The van der Waals surface area contributed by atoms with Gasteiger partial charge < -0.3 is 26.4 Å². The standard InChI is InChI=1S/C25H35N7O6/c1-25(2,3)38-24(35)30-19(10-7-13-28-23(26)31-32(36)37)22(34)29-20(21(33)27-4)15-16-11-12-17-8-5-6-9-18(17)14-16/h5-6,8-9,11-12,14,19-20H,7,10,13,15H2,1-4H3,(H,27,33)(H,29,34)(H,30,35)(H3,26,28,31). The molecule has 2 atom stereocenters. The van der Waals surface area contributed by atoms with E-state index in [2.05, 4.69) is 20.9 Å². The third-order valence-electron chi connectivity index (χ3n) is 5.28. The maximum Gasteiger partial charge on any atom is 0.408 e. The monoisotopic (exact) mass is 529 g/mol. The Hall–Kier alpha value is -4.42. The van der Waals surface area contributed by atoms with Crippen molar-refractivity contribution in [3.63, 3.8) is 0 Å². The number of nitro groups is 1. The summed E-state index contributed by atoms with van der Waals surface area (Å²) in [7, 11) is 1.47. The van der Waals surface area contributed by atoms with Gasteiger partial charge in [-0.05, 0) is 49.9 Å². The van der Waals surface area contributed by atoms with Crippen molar-refractivity contribution in [3.8, 4) is 0 Å². The zero-order valence-corrected chi connectivity index (χ0v) is 21.9. The molecule has 3 amide bonds. The van der Waals surface area contributed by atoms with Gasteiger partial charge in [0.2, 0.25) is 11.8 Å². The number of rotatable bonds is 11. The fourth-order valence-corrected chi connectivity index (χ4v) is 3.60. The summed E-state index contributed by atoms with van der Waals surface area (Å²) in [5.74, 6) is -1.37. The van der Waals surface area contributed by atoms with E-state index in [0.717, 1.165) is 16.3 Å². The smallest absolute Gasteiger partial charge is 0.408 e. The van der Waals surface area contributed by atoms with E-state index in [1.165, 1.54) is 7.05 Å². The van der Waals surface area contributed by atoms with Gasteiger partial charge in [0, 0.05) is 20.0 Å². The molecule has 0 saturated heterocycles. The fraction of sp³-hybridized carbons (Fsp3) is 0.440. The number of benzene rings is 2. The minimum absolute atomic E-state index is 0.0580. The van der Waals surface area contributed by atoms with E-state index in [1.807, 2.05) is 42.5 Å². The van der Waals surface area contributed by atoms with Crippen LogP contribution >= 0.6 is 0 Å². The maximum absolute atomic E-state index is 13.2. The number of carbonyl (C=O) groups is 3. The number of guanidine groups is 1. The zero-order valence-electron chi connectivity index (χ0n) is 21.9. The Kier molecular flexibility index (Phi) is 10.8. The molecule has 206 valence electrons. The molecule has 2 aromatic carbocycles. The SMILES string of the molecule is CNC(=O)C(Cc1ccc2ccccc2c1)NC(=O)C(CCCN=C(N)N[N+](=O)[O-])NC(=O)OC(C)(C)C. The van der Waals surface area contributed by atoms with Crippen molar-refractivity contribution in [1.29, 1.82) is 0 Å². The van der Waals surface area contributed by atoms with E-state index in [4.69, 9.17) is 10.5 Å². The number of hydrogen-bond acceptors (Lipinski definition) is 7. The Morgan fingerprint density at radius 2 is 1.74 bits per heavy atom. The Morgan fingerprint density at radius 3 is 2.37 bits per heavy atom. The highest BCUT2D eigenvalue weighted by atomic mass is 16.7. The van der Waals surface area contributed by atoms with Crippen molar-refractivity contribution >= 4 is 34.6 Å². The van der Waals surface area contributed by atoms with Crippen molar-refractivity contribution in [3.05, 3.63) is 58.1 Å². The van der Waals surface area contributed by atoms with E-state index in [9.17, 15) is 24.5 Å². The number of amides is 3. The van der Waals surface area contributed by atoms with Crippen LogP contribution in [0.25, 0.3) is 10.8 Å². The van der Waals surface area contributed by atoms with Gasteiger partial charge in [0.05, 0.1) is 0 Å². The van der Waals surface area contributed by atoms with Crippen molar-refractivity contribution in [2.75, 3.05) is 13.6 Å². The molecule has 0 spiro atoms. The summed E-state index contributed by atoms with van der Waals surface area (Å²) >= 11 is 0. The second-order valence-corrected chi connectivity index (χ2v) is 9.54. The first kappa shape index (κ1) is 29.8. The van der Waals surface area contributed by atoms with Gasteiger partial charge in [-0.25, -0.2) is 19.9 Å². The summed E-state index contributed by atoms with van der Waals surface area (Å²) in [6.07, 6.45) is -0.218. The number of fused-ring (bicyclic) bond motifs is 1. The third kappa shape index (κ3) is 10.3. The lowest BCUT2D eigenvalue weighted by Crippen LogP contribution is -2.54. The molecule has 0 aliphatic rings. The number of ether oxygens (including phenoxy) is 1. The van der Waals surface area contributed by atoms with Crippen LogP contribution in [0.15, 0.2) is 47.5 Å². The van der Waals surface area contributed by atoms with Gasteiger partial charge in [0.15, 0.2) is 5.03 Å². The van der Waals surface area contributed by atoms with Crippen LogP contribution < -0.4 is 27.1 Å². The Bertz CT molecular complexity index is 1180. The number of hydrogen-bond donors (Lipinski definition) is 5. The molecule has 2 unspecified atom stereocenters. The molecule has 13 heteroatoms. The number of nitrogens with one attached hydrogen (secondary N) is 4. The lowest BCUT2D eigenvalue weighted by atomic mass is 10.0. The van der Waals surface area contributed by atoms with Gasteiger partial charge in [-0.2, -0.15) is 0 Å². The van der Waals surface area contributed by atoms with Crippen LogP contribution in [0.1, 0.15) is 39.2 Å². The topological polar surface area (TPSA) is 190 Å². The summed E-state index contributed by atoms with van der Waals surface area (Å²) in [5.41, 5.74) is 7.19. The van der Waals surface area contributed by atoms with E-state index in [1.54, 1.807) is 26.2 Å². The summed E-state index contributed by atoms with van der Waals surface area (Å²) in [4.78, 5) is 52.5. The summed E-state index contributed by atoms with van der Waals surface area (Å²) in [6.45, 7) is 5.12. The van der Waals surface area contributed by atoms with Gasteiger partial charge >= 0.3 is 6.09 Å². The van der Waals surface area contributed by atoms with Crippen LogP contribution in [-0.4, -0.2) is 60.2 Å². The number of nitrogens with two attached hydrogens (primary N) is 1. The Labute approximate surface area is 220 Å². The molecule has 0 fully saturated rings. The zero-order chi connectivity index (χ0) is 28.3. The lowest BCUT2D eigenvalue weighted by molar-refractivity contribution is -0.525. The average molecular weight is 530 g/mol. The lowest BCUT2D eigenvalue weighted by Gasteiger charge is -2.25. The predicted octanol–water partition coefficient (Wildman–Crippen LogP) is 1.38. The van der Waals surface area contributed by atoms with Crippen molar-refractivity contribution < 1.29 is 24.2 Å². The predicted molar refractivity (Wildman–Crippen MR) is 143 cm³/mol. The van der Waals surface area contributed by atoms with Gasteiger partial charge in [-0.3, -0.25) is 9.59 Å². The van der Waals surface area contributed by atoms with Gasteiger partial charge in [0.1, 0.15) is 17.7 Å². The minimum atomic E-state index is -1.06. The molecule has 0 aromatic heterocycles. The first-order valence-electron chi connectivity index (χ1n) is 12.1. The molecule has 2 aromatic rings. The number of aliphatic imine (C=N–C) groups is 1. The second kappa shape index (κ2) is 13.8. The molecule has 38 heavy (non-hydrogen) atoms. The summed E-state index contributed by atoms with van der Waals surface area (Å²) in [5, 5.41) is 19.5. The van der Waals surface area contributed by atoms with Crippen LogP contribution in [0, 0.1) is 10.1 Å². The van der Waals surface area contributed by atoms with Gasteiger partial charge in [-0.15, -0.1) is 0 Å². The summed E-state index contributed by atoms with van der Waals surface area (Å²) < 4.78 is 5.27.